The molecule has 1 aliphatic heterocycles. The van der Waals surface area contributed by atoms with Gasteiger partial charge in [-0.25, -0.2) is 0 Å². The van der Waals surface area contributed by atoms with Crippen LogP contribution in [0, 0.1) is 5.92 Å². The van der Waals surface area contributed by atoms with E-state index in [1.807, 2.05) is 19.2 Å². The van der Waals surface area contributed by atoms with E-state index in [0.717, 1.165) is 37.2 Å². The van der Waals surface area contributed by atoms with Crippen molar-refractivity contribution in [1.82, 2.24) is 0 Å². The van der Waals surface area contributed by atoms with E-state index in [4.69, 9.17) is 11.6 Å². The zero-order valence-corrected chi connectivity index (χ0v) is 14.0. The monoisotopic (exact) mass is 328 g/mol. The summed E-state index contributed by atoms with van der Waals surface area (Å²) in [6, 6.07) is 15.7. The quantitative estimate of drug-likeness (QED) is 0.840. The fraction of sp³-hybridized carbons (Fsp3) is 0.316. The Bertz CT molecular complexity index is 659. The van der Waals surface area contributed by atoms with E-state index in [0.29, 0.717) is 5.02 Å². The molecule has 120 valence electrons. The van der Waals surface area contributed by atoms with Crippen LogP contribution in [0.15, 0.2) is 48.5 Å². The van der Waals surface area contributed by atoms with Gasteiger partial charge >= 0.3 is 0 Å². The van der Waals surface area contributed by atoms with Gasteiger partial charge < -0.3 is 10.2 Å². The van der Waals surface area contributed by atoms with Crippen molar-refractivity contribution in [3.05, 3.63) is 59.1 Å². The third-order valence-electron chi connectivity index (χ3n) is 4.52. The van der Waals surface area contributed by atoms with E-state index in [2.05, 4.69) is 34.5 Å². The lowest BCUT2D eigenvalue weighted by atomic mass is 9.88. The number of rotatable bonds is 4. The van der Waals surface area contributed by atoms with Crippen molar-refractivity contribution in [3.8, 4) is 0 Å². The number of nitrogens with zero attached hydrogens (tertiary/aromatic N) is 1. The van der Waals surface area contributed by atoms with Gasteiger partial charge in [-0.1, -0.05) is 11.6 Å². The lowest BCUT2D eigenvalue weighted by molar-refractivity contribution is 0.0900. The standard InChI is InChI=1S/C19H21ClN2O/c1-21-17-6-8-18(9-7-17)22-12-10-15(11-13-22)19(23)14-2-4-16(20)5-3-14/h2-9,15,21H,10-13H2,1H3. The van der Waals surface area contributed by atoms with Crippen LogP contribution in [0.5, 0.6) is 0 Å². The molecule has 2 aromatic rings. The van der Waals surface area contributed by atoms with Crippen LogP contribution in [0.25, 0.3) is 0 Å². The molecule has 0 amide bonds. The minimum absolute atomic E-state index is 0.115. The SMILES string of the molecule is CNc1ccc(N2CCC(C(=O)c3ccc(Cl)cc3)CC2)cc1. The van der Waals surface area contributed by atoms with Crippen LogP contribution in [0.1, 0.15) is 23.2 Å². The summed E-state index contributed by atoms with van der Waals surface area (Å²) in [5.74, 6) is 0.357. The number of anilines is 2. The van der Waals surface area contributed by atoms with Gasteiger partial charge in [0.2, 0.25) is 0 Å². The molecule has 0 unspecified atom stereocenters. The molecule has 1 saturated heterocycles. The van der Waals surface area contributed by atoms with Gasteiger partial charge in [-0.15, -0.1) is 0 Å². The fourth-order valence-electron chi connectivity index (χ4n) is 3.09. The number of carbonyl (C=O) groups excluding carboxylic acids is 1. The van der Waals surface area contributed by atoms with Crippen molar-refractivity contribution < 1.29 is 4.79 Å². The first-order chi connectivity index (χ1) is 11.2. The fourth-order valence-corrected chi connectivity index (χ4v) is 3.21. The number of hydrogen-bond donors (Lipinski definition) is 1. The van der Waals surface area contributed by atoms with Gasteiger partial charge in [0.05, 0.1) is 0 Å². The largest absolute Gasteiger partial charge is 0.388 e. The van der Waals surface area contributed by atoms with Gasteiger partial charge in [0, 0.05) is 48.0 Å². The van der Waals surface area contributed by atoms with E-state index in [9.17, 15) is 4.79 Å². The lowest BCUT2D eigenvalue weighted by Crippen LogP contribution is -2.36. The van der Waals surface area contributed by atoms with Crippen LogP contribution in [0.3, 0.4) is 0 Å². The Morgan fingerprint density at radius 1 is 1.04 bits per heavy atom. The van der Waals surface area contributed by atoms with Crippen molar-refractivity contribution in [2.45, 2.75) is 12.8 Å². The third kappa shape index (κ3) is 3.67. The van der Waals surface area contributed by atoms with Crippen LogP contribution >= 0.6 is 11.6 Å². The zero-order chi connectivity index (χ0) is 16.2. The number of ketones is 1. The highest BCUT2D eigenvalue weighted by molar-refractivity contribution is 6.30. The minimum Gasteiger partial charge on any atom is -0.388 e. The summed E-state index contributed by atoms with van der Waals surface area (Å²) in [5.41, 5.74) is 3.11. The van der Waals surface area contributed by atoms with Crippen molar-refractivity contribution in [3.63, 3.8) is 0 Å². The molecule has 0 spiro atoms. The molecule has 0 aromatic heterocycles. The van der Waals surface area contributed by atoms with Crippen LogP contribution < -0.4 is 10.2 Å². The Morgan fingerprint density at radius 2 is 1.65 bits per heavy atom. The summed E-state index contributed by atoms with van der Waals surface area (Å²) in [4.78, 5) is 14.9. The maximum Gasteiger partial charge on any atom is 0.166 e. The number of nitrogens with one attached hydrogen (secondary N) is 1. The first kappa shape index (κ1) is 15.9. The molecule has 1 fully saturated rings. The second-order valence-electron chi connectivity index (χ2n) is 5.93. The number of piperidine rings is 1. The highest BCUT2D eigenvalue weighted by atomic mass is 35.5. The molecular weight excluding hydrogens is 308 g/mol. The summed E-state index contributed by atoms with van der Waals surface area (Å²) in [6.45, 7) is 1.84. The zero-order valence-electron chi connectivity index (χ0n) is 13.3. The second-order valence-corrected chi connectivity index (χ2v) is 6.37. The van der Waals surface area contributed by atoms with Gasteiger partial charge in [0.15, 0.2) is 5.78 Å². The summed E-state index contributed by atoms with van der Waals surface area (Å²) >= 11 is 5.89. The number of benzene rings is 2. The van der Waals surface area contributed by atoms with Crippen molar-refractivity contribution in [1.29, 1.82) is 0 Å². The molecule has 0 atom stereocenters. The molecule has 4 heteroatoms. The van der Waals surface area contributed by atoms with Gasteiger partial charge in [0.1, 0.15) is 0 Å². The highest BCUT2D eigenvalue weighted by Gasteiger charge is 2.25. The molecule has 3 nitrogen and oxygen atoms in total. The van der Waals surface area contributed by atoms with E-state index in [-0.39, 0.29) is 11.7 Å². The van der Waals surface area contributed by atoms with E-state index in [1.54, 1.807) is 12.1 Å². The summed E-state index contributed by atoms with van der Waals surface area (Å²) in [5, 5.41) is 3.80. The molecule has 1 aliphatic rings. The Morgan fingerprint density at radius 3 is 2.22 bits per heavy atom. The molecule has 0 saturated carbocycles. The summed E-state index contributed by atoms with van der Waals surface area (Å²) in [6.07, 6.45) is 1.80. The van der Waals surface area contributed by atoms with Gasteiger partial charge in [-0.2, -0.15) is 0 Å². The maximum absolute atomic E-state index is 12.6. The van der Waals surface area contributed by atoms with Crippen LogP contribution in [-0.2, 0) is 0 Å². The predicted molar refractivity (Wildman–Crippen MR) is 96.7 cm³/mol. The molecule has 23 heavy (non-hydrogen) atoms. The van der Waals surface area contributed by atoms with Crippen molar-refractivity contribution in [2.75, 3.05) is 30.4 Å². The second kappa shape index (κ2) is 7.05. The van der Waals surface area contributed by atoms with Crippen molar-refractivity contribution in [2.24, 2.45) is 5.92 Å². The molecule has 1 N–H and O–H groups in total. The smallest absolute Gasteiger partial charge is 0.166 e. The third-order valence-corrected chi connectivity index (χ3v) is 4.77. The first-order valence-corrected chi connectivity index (χ1v) is 8.38. The molecule has 0 bridgehead atoms. The number of Topliss-reactive ketones (excluding diaryl/α,β-unsaturated/α-hetero) is 1. The molecular formula is C19H21ClN2O. The van der Waals surface area contributed by atoms with Gasteiger partial charge in [-0.05, 0) is 61.4 Å². The number of carbonyl (C=O) groups is 1. The topological polar surface area (TPSA) is 32.3 Å². The Kier molecular flexibility index (Phi) is 4.87. The van der Waals surface area contributed by atoms with Gasteiger partial charge in [-0.3, -0.25) is 4.79 Å². The molecule has 1 heterocycles. The van der Waals surface area contributed by atoms with E-state index >= 15 is 0 Å². The average molecular weight is 329 g/mol. The van der Waals surface area contributed by atoms with Crippen LogP contribution in [-0.4, -0.2) is 25.9 Å². The number of hydrogen-bond acceptors (Lipinski definition) is 3. The number of halogens is 1. The van der Waals surface area contributed by atoms with Gasteiger partial charge in [0.25, 0.3) is 0 Å². The average Bonchev–Trinajstić information content (AvgIpc) is 2.62. The minimum atomic E-state index is 0.115. The first-order valence-electron chi connectivity index (χ1n) is 8.00. The normalized spacial score (nSPS) is 15.5. The highest BCUT2D eigenvalue weighted by Crippen LogP contribution is 2.27. The van der Waals surface area contributed by atoms with Crippen molar-refractivity contribution >= 4 is 28.8 Å². The molecule has 0 aliphatic carbocycles. The van der Waals surface area contributed by atoms with Crippen LogP contribution in [0.2, 0.25) is 5.02 Å². The summed E-state index contributed by atoms with van der Waals surface area (Å²) < 4.78 is 0. The Hall–Kier alpha value is -2.00. The molecule has 0 radical (unpaired) electrons. The summed E-state index contributed by atoms with van der Waals surface area (Å²) in [7, 11) is 1.92. The molecule has 2 aromatic carbocycles. The Balaban J connectivity index is 1.61. The lowest BCUT2D eigenvalue weighted by Gasteiger charge is -2.33. The van der Waals surface area contributed by atoms with E-state index in [1.165, 1.54) is 5.69 Å². The van der Waals surface area contributed by atoms with Crippen LogP contribution in [0.4, 0.5) is 11.4 Å². The molecule has 3 rings (SSSR count). The Labute approximate surface area is 142 Å². The van der Waals surface area contributed by atoms with E-state index < -0.39 is 0 Å². The maximum atomic E-state index is 12.6. The predicted octanol–water partition coefficient (Wildman–Crippen LogP) is 4.48.